The van der Waals surface area contributed by atoms with Crippen LogP contribution in [0, 0.1) is 11.6 Å². The lowest BCUT2D eigenvalue weighted by Gasteiger charge is -2.24. The molecule has 8 heteroatoms. The third-order valence-corrected chi connectivity index (χ3v) is 5.51. The van der Waals surface area contributed by atoms with Crippen LogP contribution in [0.1, 0.15) is 57.4 Å². The van der Waals surface area contributed by atoms with E-state index in [2.05, 4.69) is 10.6 Å². The number of rotatable bonds is 4. The van der Waals surface area contributed by atoms with Gasteiger partial charge in [-0.1, -0.05) is 32.1 Å². The van der Waals surface area contributed by atoms with Crippen molar-refractivity contribution in [1.82, 2.24) is 15.5 Å². The minimum absolute atomic E-state index is 0.0283. The maximum atomic E-state index is 14.2. The van der Waals surface area contributed by atoms with Crippen LogP contribution in [-0.4, -0.2) is 35.3 Å². The van der Waals surface area contributed by atoms with Crippen molar-refractivity contribution in [2.45, 2.75) is 63.5 Å². The van der Waals surface area contributed by atoms with Crippen molar-refractivity contribution in [2.24, 2.45) is 0 Å². The van der Waals surface area contributed by atoms with Crippen molar-refractivity contribution in [3.05, 3.63) is 35.4 Å². The first kappa shape index (κ1) is 20.2. The van der Waals surface area contributed by atoms with E-state index in [0.29, 0.717) is 0 Å². The van der Waals surface area contributed by atoms with Gasteiger partial charge in [-0.05, 0) is 38.0 Å². The number of hydrogen-bond donors (Lipinski definition) is 2. The second kappa shape index (κ2) is 8.24. The van der Waals surface area contributed by atoms with Gasteiger partial charge in [0.15, 0.2) is 0 Å². The van der Waals surface area contributed by atoms with E-state index >= 15 is 0 Å². The molecule has 3 rings (SSSR count). The van der Waals surface area contributed by atoms with Crippen LogP contribution >= 0.6 is 0 Å². The van der Waals surface area contributed by atoms with Crippen molar-refractivity contribution < 1.29 is 23.2 Å². The lowest BCUT2D eigenvalue weighted by molar-refractivity contribution is -0.135. The lowest BCUT2D eigenvalue weighted by Crippen LogP contribution is -2.45. The summed E-state index contributed by atoms with van der Waals surface area (Å²) in [4.78, 5) is 38.3. The van der Waals surface area contributed by atoms with Crippen molar-refractivity contribution >= 4 is 17.8 Å². The van der Waals surface area contributed by atoms with Crippen LogP contribution in [0.15, 0.2) is 18.2 Å². The molecule has 2 N–H and O–H groups in total. The molecule has 4 amide bonds. The molecular weight excluding hydrogens is 368 g/mol. The molecule has 0 aromatic heterocycles. The highest BCUT2D eigenvalue weighted by molar-refractivity contribution is 6.09. The molecule has 0 bridgehead atoms. The Balaban J connectivity index is 1.69. The predicted octanol–water partition coefficient (Wildman–Crippen LogP) is 2.96. The van der Waals surface area contributed by atoms with Gasteiger partial charge in [0.1, 0.15) is 23.7 Å². The maximum Gasteiger partial charge on any atom is 0.325 e. The van der Waals surface area contributed by atoms with E-state index in [1.807, 2.05) is 0 Å². The summed E-state index contributed by atoms with van der Waals surface area (Å²) in [6.45, 7) is 0.853. The Bertz CT molecular complexity index is 778. The molecule has 2 aliphatic rings. The van der Waals surface area contributed by atoms with E-state index in [-0.39, 0.29) is 11.6 Å². The Morgan fingerprint density at radius 2 is 1.82 bits per heavy atom. The molecule has 1 aromatic rings. The lowest BCUT2D eigenvalue weighted by atomic mass is 9.91. The third kappa shape index (κ3) is 4.15. The third-order valence-electron chi connectivity index (χ3n) is 5.51. The second-order valence-corrected chi connectivity index (χ2v) is 7.68. The molecule has 0 spiro atoms. The van der Waals surface area contributed by atoms with Crippen LogP contribution in [0.25, 0.3) is 0 Å². The Kier molecular flexibility index (Phi) is 5.96. The van der Waals surface area contributed by atoms with Gasteiger partial charge in [0, 0.05) is 11.6 Å². The van der Waals surface area contributed by atoms with Crippen molar-refractivity contribution in [2.75, 3.05) is 6.54 Å². The van der Waals surface area contributed by atoms with E-state index < -0.39 is 41.6 Å². The summed E-state index contributed by atoms with van der Waals surface area (Å²) in [5.74, 6) is -2.74. The summed E-state index contributed by atoms with van der Waals surface area (Å²) in [7, 11) is 0. The second-order valence-electron chi connectivity index (χ2n) is 7.68. The van der Waals surface area contributed by atoms with E-state index in [4.69, 9.17) is 0 Å². The first-order valence-corrected chi connectivity index (χ1v) is 9.70. The Hall–Kier alpha value is -2.51. The summed E-state index contributed by atoms with van der Waals surface area (Å²) in [5, 5.41) is 5.29. The van der Waals surface area contributed by atoms with Crippen LogP contribution in [-0.2, 0) is 15.1 Å². The highest BCUT2D eigenvalue weighted by Crippen LogP contribution is 2.31. The molecule has 152 valence electrons. The number of benzene rings is 1. The zero-order valence-corrected chi connectivity index (χ0v) is 15.9. The minimum atomic E-state index is -1.76. The summed E-state index contributed by atoms with van der Waals surface area (Å²) >= 11 is 0. The summed E-state index contributed by atoms with van der Waals surface area (Å²) in [6, 6.07) is 1.94. The van der Waals surface area contributed by atoms with Crippen molar-refractivity contribution in [3.63, 3.8) is 0 Å². The van der Waals surface area contributed by atoms with Gasteiger partial charge in [-0.3, -0.25) is 14.5 Å². The fraction of sp³-hybridized carbons (Fsp3) is 0.550. The number of imide groups is 1. The smallest absolute Gasteiger partial charge is 0.325 e. The van der Waals surface area contributed by atoms with Crippen molar-refractivity contribution in [3.8, 4) is 0 Å². The summed E-state index contributed by atoms with van der Waals surface area (Å²) in [5.41, 5.74) is -2.03. The first-order valence-electron chi connectivity index (χ1n) is 9.70. The molecule has 1 heterocycles. The van der Waals surface area contributed by atoms with E-state index in [1.54, 1.807) is 0 Å². The molecule has 1 atom stereocenters. The average molecular weight is 393 g/mol. The first-order chi connectivity index (χ1) is 13.3. The quantitative estimate of drug-likeness (QED) is 0.772. The van der Waals surface area contributed by atoms with Crippen LogP contribution in [0.3, 0.4) is 0 Å². The molecule has 1 aliphatic carbocycles. The van der Waals surface area contributed by atoms with Gasteiger partial charge >= 0.3 is 6.03 Å². The summed E-state index contributed by atoms with van der Waals surface area (Å²) < 4.78 is 27.7. The minimum Gasteiger partial charge on any atom is -0.352 e. The molecule has 1 saturated heterocycles. The number of urea groups is 1. The van der Waals surface area contributed by atoms with Gasteiger partial charge in [-0.15, -0.1) is 0 Å². The number of carbonyl (C=O) groups is 3. The van der Waals surface area contributed by atoms with Crippen LogP contribution < -0.4 is 10.6 Å². The Morgan fingerprint density at radius 1 is 1.18 bits per heavy atom. The van der Waals surface area contributed by atoms with E-state index in [1.165, 1.54) is 13.3 Å². The summed E-state index contributed by atoms with van der Waals surface area (Å²) in [6.07, 6.45) is 7.29. The standard InChI is InChI=1S/C20H25F2N3O3/c1-20(15-11-13(21)9-10-16(15)22)18(27)25(19(28)24-20)12-17(26)23-14-7-5-3-2-4-6-8-14/h9-11,14H,2-8,12H2,1H3,(H,23,26)(H,24,28). The fourth-order valence-corrected chi connectivity index (χ4v) is 3.92. The molecule has 6 nitrogen and oxygen atoms in total. The van der Waals surface area contributed by atoms with Gasteiger partial charge < -0.3 is 10.6 Å². The van der Waals surface area contributed by atoms with Crippen LogP contribution in [0.2, 0.25) is 0 Å². The molecule has 1 aromatic carbocycles. The molecule has 1 saturated carbocycles. The highest BCUT2D eigenvalue weighted by atomic mass is 19.1. The van der Waals surface area contributed by atoms with Gasteiger partial charge in [0.25, 0.3) is 5.91 Å². The fourth-order valence-electron chi connectivity index (χ4n) is 3.92. The zero-order valence-electron chi connectivity index (χ0n) is 15.9. The van der Waals surface area contributed by atoms with Gasteiger partial charge in [-0.2, -0.15) is 0 Å². The van der Waals surface area contributed by atoms with Gasteiger partial charge in [-0.25, -0.2) is 13.6 Å². The predicted molar refractivity (Wildman–Crippen MR) is 98.2 cm³/mol. The molecule has 28 heavy (non-hydrogen) atoms. The SMILES string of the molecule is CC1(c2cc(F)ccc2F)NC(=O)N(CC(=O)NC2CCCCCCC2)C1=O. The zero-order chi connectivity index (χ0) is 20.3. The maximum absolute atomic E-state index is 14.2. The van der Waals surface area contributed by atoms with E-state index in [9.17, 15) is 23.2 Å². The normalized spacial score (nSPS) is 23.9. The monoisotopic (exact) mass is 393 g/mol. The molecule has 2 fully saturated rings. The number of nitrogens with one attached hydrogen (secondary N) is 2. The number of nitrogens with zero attached hydrogens (tertiary/aromatic N) is 1. The van der Waals surface area contributed by atoms with Crippen LogP contribution in [0.4, 0.5) is 13.6 Å². The highest BCUT2D eigenvalue weighted by Gasteiger charge is 2.50. The molecule has 1 aliphatic heterocycles. The number of carbonyl (C=O) groups excluding carboxylic acids is 3. The van der Waals surface area contributed by atoms with Crippen molar-refractivity contribution in [1.29, 1.82) is 0 Å². The molecule has 1 unspecified atom stereocenters. The van der Waals surface area contributed by atoms with E-state index in [0.717, 1.165) is 61.6 Å². The number of halogens is 2. The Labute approximate surface area is 162 Å². The number of amides is 4. The van der Waals surface area contributed by atoms with Crippen LogP contribution in [0.5, 0.6) is 0 Å². The molecule has 0 radical (unpaired) electrons. The Morgan fingerprint density at radius 3 is 2.50 bits per heavy atom. The van der Waals surface area contributed by atoms with Gasteiger partial charge in [0.2, 0.25) is 5.91 Å². The van der Waals surface area contributed by atoms with Gasteiger partial charge in [0.05, 0.1) is 0 Å². The largest absolute Gasteiger partial charge is 0.352 e. The average Bonchev–Trinajstić information content (AvgIpc) is 2.83. The topological polar surface area (TPSA) is 78.5 Å². The molecular formula is C20H25F2N3O3. The number of hydrogen-bond acceptors (Lipinski definition) is 3.